The van der Waals surface area contributed by atoms with Crippen LogP contribution in [0.3, 0.4) is 0 Å². The summed E-state index contributed by atoms with van der Waals surface area (Å²) in [5.74, 6) is 1.54. The highest BCUT2D eigenvalue weighted by atomic mass is 16.2. The second-order valence-electron chi connectivity index (χ2n) is 7.62. The molecule has 124 valence electrons. The number of nitrogens with two attached hydrogens (primary N) is 1. The normalized spacial score (nSPS) is 27.9. The van der Waals surface area contributed by atoms with Crippen LogP contribution >= 0.6 is 0 Å². The molecule has 3 N–H and O–H groups in total. The second-order valence-corrected chi connectivity index (χ2v) is 7.62. The molecule has 4 heteroatoms. The van der Waals surface area contributed by atoms with Gasteiger partial charge in [0, 0.05) is 19.1 Å². The first-order chi connectivity index (χ1) is 9.80. The summed E-state index contributed by atoms with van der Waals surface area (Å²) in [5, 5.41) is 3.19. The molecule has 0 aromatic rings. The van der Waals surface area contributed by atoms with Gasteiger partial charge in [0.2, 0.25) is 5.91 Å². The van der Waals surface area contributed by atoms with Crippen molar-refractivity contribution >= 4 is 5.91 Å². The van der Waals surface area contributed by atoms with Crippen LogP contribution in [0.2, 0.25) is 0 Å². The molecule has 0 radical (unpaired) electrons. The largest absolute Gasteiger partial charge is 0.354 e. The predicted octanol–water partition coefficient (Wildman–Crippen LogP) is 2.23. The van der Waals surface area contributed by atoms with E-state index in [1.54, 1.807) is 0 Å². The Hall–Kier alpha value is -0.610. The summed E-state index contributed by atoms with van der Waals surface area (Å²) in [4.78, 5) is 14.9. The fourth-order valence-electron chi connectivity index (χ4n) is 3.26. The third-order valence-electron chi connectivity index (χ3n) is 5.08. The molecule has 0 aromatic heterocycles. The van der Waals surface area contributed by atoms with Crippen LogP contribution < -0.4 is 11.1 Å². The third-order valence-corrected chi connectivity index (χ3v) is 5.08. The smallest absolute Gasteiger partial charge is 0.227 e. The van der Waals surface area contributed by atoms with Gasteiger partial charge in [-0.1, -0.05) is 20.8 Å². The predicted molar refractivity (Wildman–Crippen MR) is 89.1 cm³/mol. The average molecular weight is 297 g/mol. The number of amides is 1. The Morgan fingerprint density at radius 3 is 2.33 bits per heavy atom. The van der Waals surface area contributed by atoms with Gasteiger partial charge in [0.1, 0.15) is 0 Å². The van der Waals surface area contributed by atoms with Gasteiger partial charge >= 0.3 is 0 Å². The van der Waals surface area contributed by atoms with Crippen molar-refractivity contribution in [1.82, 2.24) is 10.2 Å². The summed E-state index contributed by atoms with van der Waals surface area (Å²) in [5.41, 5.74) is 5.64. The van der Waals surface area contributed by atoms with E-state index >= 15 is 0 Å². The Bertz CT molecular complexity index is 320. The molecule has 1 rings (SSSR count). The minimum absolute atomic E-state index is 0.174. The van der Waals surface area contributed by atoms with Crippen molar-refractivity contribution in [1.29, 1.82) is 0 Å². The molecule has 0 aromatic carbocycles. The lowest BCUT2D eigenvalue weighted by Gasteiger charge is -2.38. The molecule has 0 saturated heterocycles. The van der Waals surface area contributed by atoms with Gasteiger partial charge in [0.15, 0.2) is 0 Å². The molecule has 1 amide bonds. The highest BCUT2D eigenvalue weighted by Gasteiger charge is 2.39. The molecule has 1 aliphatic carbocycles. The van der Waals surface area contributed by atoms with E-state index in [1.807, 2.05) is 0 Å². The molecule has 4 nitrogen and oxygen atoms in total. The Morgan fingerprint density at radius 2 is 1.90 bits per heavy atom. The first-order valence-electron chi connectivity index (χ1n) is 8.45. The lowest BCUT2D eigenvalue weighted by molar-refractivity contribution is -0.133. The zero-order valence-electron chi connectivity index (χ0n) is 14.6. The van der Waals surface area contributed by atoms with Crippen LogP contribution in [-0.2, 0) is 4.79 Å². The SMILES string of the molecule is CC(C)CC(CNC(=O)C1(CN)CCC(C)CC1)N(C)C. The highest BCUT2D eigenvalue weighted by molar-refractivity contribution is 5.83. The van der Waals surface area contributed by atoms with Crippen LogP contribution in [0.25, 0.3) is 0 Å². The number of nitrogens with zero attached hydrogens (tertiary/aromatic N) is 1. The van der Waals surface area contributed by atoms with Crippen molar-refractivity contribution in [2.24, 2.45) is 23.0 Å². The van der Waals surface area contributed by atoms with Crippen LogP contribution in [-0.4, -0.2) is 44.0 Å². The summed E-state index contributed by atoms with van der Waals surface area (Å²) in [6.45, 7) is 7.91. The number of rotatable bonds is 7. The van der Waals surface area contributed by atoms with Crippen LogP contribution in [0.4, 0.5) is 0 Å². The maximum Gasteiger partial charge on any atom is 0.227 e. The molecule has 1 saturated carbocycles. The molecule has 0 heterocycles. The minimum atomic E-state index is -0.318. The number of likely N-dealkylation sites (N-methyl/N-ethyl adjacent to an activating group) is 1. The molecule has 1 atom stereocenters. The summed E-state index contributed by atoms with van der Waals surface area (Å²) < 4.78 is 0. The first-order valence-corrected chi connectivity index (χ1v) is 8.45. The average Bonchev–Trinajstić information content (AvgIpc) is 2.43. The Kier molecular flexibility index (Phi) is 7.14. The van der Waals surface area contributed by atoms with Crippen molar-refractivity contribution in [3.8, 4) is 0 Å². The van der Waals surface area contributed by atoms with E-state index in [9.17, 15) is 4.79 Å². The van der Waals surface area contributed by atoms with Gasteiger partial charge < -0.3 is 16.0 Å². The maximum absolute atomic E-state index is 12.7. The van der Waals surface area contributed by atoms with Crippen molar-refractivity contribution in [2.45, 2.75) is 58.9 Å². The maximum atomic E-state index is 12.7. The Labute approximate surface area is 130 Å². The van der Waals surface area contributed by atoms with Crippen molar-refractivity contribution in [3.63, 3.8) is 0 Å². The summed E-state index contributed by atoms with van der Waals surface area (Å²) in [6.07, 6.45) is 5.21. The van der Waals surface area contributed by atoms with Gasteiger partial charge in [-0.15, -0.1) is 0 Å². The molecule has 1 fully saturated rings. The molecular formula is C17H35N3O. The quantitative estimate of drug-likeness (QED) is 0.757. The van der Waals surface area contributed by atoms with E-state index in [-0.39, 0.29) is 11.3 Å². The van der Waals surface area contributed by atoms with Crippen LogP contribution in [0, 0.1) is 17.3 Å². The lowest BCUT2D eigenvalue weighted by atomic mass is 9.70. The van der Waals surface area contributed by atoms with Crippen LogP contribution in [0.5, 0.6) is 0 Å². The van der Waals surface area contributed by atoms with E-state index in [4.69, 9.17) is 5.73 Å². The van der Waals surface area contributed by atoms with E-state index in [2.05, 4.69) is 45.1 Å². The topological polar surface area (TPSA) is 58.4 Å². The molecule has 0 aliphatic heterocycles. The van der Waals surface area contributed by atoms with Gasteiger partial charge in [0.25, 0.3) is 0 Å². The number of hydrogen-bond donors (Lipinski definition) is 2. The fourth-order valence-corrected chi connectivity index (χ4v) is 3.26. The summed E-state index contributed by atoms with van der Waals surface area (Å²) in [7, 11) is 4.17. The zero-order chi connectivity index (χ0) is 16.0. The highest BCUT2D eigenvalue weighted by Crippen LogP contribution is 2.38. The van der Waals surface area contributed by atoms with Gasteiger partial charge in [-0.2, -0.15) is 0 Å². The number of carbonyl (C=O) groups excluding carboxylic acids is 1. The second kappa shape index (κ2) is 8.14. The molecular weight excluding hydrogens is 262 g/mol. The Balaban J connectivity index is 2.57. The van der Waals surface area contributed by atoms with E-state index in [1.165, 1.54) is 0 Å². The summed E-state index contributed by atoms with van der Waals surface area (Å²) >= 11 is 0. The third kappa shape index (κ3) is 5.26. The van der Waals surface area contributed by atoms with E-state index < -0.39 is 0 Å². The molecule has 21 heavy (non-hydrogen) atoms. The Morgan fingerprint density at radius 1 is 1.33 bits per heavy atom. The number of carbonyl (C=O) groups is 1. The monoisotopic (exact) mass is 297 g/mol. The van der Waals surface area contributed by atoms with Crippen molar-refractivity contribution in [3.05, 3.63) is 0 Å². The van der Waals surface area contributed by atoms with Gasteiger partial charge in [-0.05, 0) is 58.0 Å². The standard InChI is InChI=1S/C17H35N3O/c1-13(2)10-15(20(4)5)11-19-16(21)17(12-18)8-6-14(3)7-9-17/h13-15H,6-12,18H2,1-5H3,(H,19,21). The van der Waals surface area contributed by atoms with Gasteiger partial charge in [0.05, 0.1) is 5.41 Å². The molecule has 1 aliphatic rings. The number of nitrogens with one attached hydrogen (secondary N) is 1. The van der Waals surface area contributed by atoms with Crippen molar-refractivity contribution in [2.75, 3.05) is 27.2 Å². The molecule has 1 unspecified atom stereocenters. The van der Waals surface area contributed by atoms with Gasteiger partial charge in [-0.3, -0.25) is 4.79 Å². The van der Waals surface area contributed by atoms with E-state index in [0.717, 1.165) is 44.6 Å². The first kappa shape index (κ1) is 18.4. The van der Waals surface area contributed by atoms with E-state index in [0.29, 0.717) is 18.5 Å². The molecule has 0 bridgehead atoms. The summed E-state index contributed by atoms with van der Waals surface area (Å²) in [6, 6.07) is 0.395. The lowest BCUT2D eigenvalue weighted by Crippen LogP contribution is -2.51. The molecule has 0 spiro atoms. The minimum Gasteiger partial charge on any atom is -0.354 e. The van der Waals surface area contributed by atoms with Crippen molar-refractivity contribution < 1.29 is 4.79 Å². The zero-order valence-corrected chi connectivity index (χ0v) is 14.6. The van der Waals surface area contributed by atoms with Crippen LogP contribution in [0.1, 0.15) is 52.9 Å². The van der Waals surface area contributed by atoms with Gasteiger partial charge in [-0.25, -0.2) is 0 Å². The fraction of sp³-hybridized carbons (Fsp3) is 0.941. The number of hydrogen-bond acceptors (Lipinski definition) is 3. The van der Waals surface area contributed by atoms with Crippen LogP contribution in [0.15, 0.2) is 0 Å².